The molecule has 0 unspecified atom stereocenters. The molecular formula is C9H13NO5S. The Labute approximate surface area is 93.5 Å². The lowest BCUT2D eigenvalue weighted by Gasteiger charge is -2.13. The SMILES string of the molecule is Cc1cc(S(=O)(=O)N(C)CC(=O)O)c(C)o1. The second kappa shape index (κ2) is 4.26. The number of rotatable bonds is 4. The fraction of sp³-hybridized carbons (Fsp3) is 0.444. The highest BCUT2D eigenvalue weighted by atomic mass is 32.2. The summed E-state index contributed by atoms with van der Waals surface area (Å²) >= 11 is 0. The molecule has 0 aliphatic carbocycles. The normalized spacial score (nSPS) is 12.0. The van der Waals surface area contributed by atoms with Gasteiger partial charge in [0.25, 0.3) is 0 Å². The molecular weight excluding hydrogens is 234 g/mol. The molecule has 6 nitrogen and oxygen atoms in total. The second-order valence-corrected chi connectivity index (χ2v) is 5.45. The molecule has 90 valence electrons. The van der Waals surface area contributed by atoms with E-state index in [1.807, 2.05) is 0 Å². The molecule has 0 atom stereocenters. The first-order valence-electron chi connectivity index (χ1n) is 4.50. The summed E-state index contributed by atoms with van der Waals surface area (Å²) in [4.78, 5) is 10.5. The van der Waals surface area contributed by atoms with Crippen molar-refractivity contribution in [1.29, 1.82) is 0 Å². The van der Waals surface area contributed by atoms with Crippen LogP contribution in [-0.2, 0) is 14.8 Å². The number of aliphatic carboxylic acids is 1. The van der Waals surface area contributed by atoms with Crippen LogP contribution in [0.4, 0.5) is 0 Å². The topological polar surface area (TPSA) is 87.8 Å². The average Bonchev–Trinajstić information content (AvgIpc) is 2.44. The maximum Gasteiger partial charge on any atom is 0.318 e. The fourth-order valence-electron chi connectivity index (χ4n) is 1.31. The molecule has 1 aromatic rings. The van der Waals surface area contributed by atoms with E-state index in [-0.39, 0.29) is 10.7 Å². The van der Waals surface area contributed by atoms with Crippen LogP contribution in [0.5, 0.6) is 0 Å². The summed E-state index contributed by atoms with van der Waals surface area (Å²) in [5, 5.41) is 8.54. The monoisotopic (exact) mass is 247 g/mol. The van der Waals surface area contributed by atoms with E-state index in [2.05, 4.69) is 0 Å². The number of carboxylic acid groups (broad SMARTS) is 1. The molecule has 1 rings (SSSR count). The number of carboxylic acids is 1. The zero-order valence-corrected chi connectivity index (χ0v) is 10.0. The molecule has 0 fully saturated rings. The van der Waals surface area contributed by atoms with Crippen molar-refractivity contribution in [3.05, 3.63) is 17.6 Å². The average molecular weight is 247 g/mol. The van der Waals surface area contributed by atoms with E-state index in [0.29, 0.717) is 5.76 Å². The summed E-state index contributed by atoms with van der Waals surface area (Å²) in [5.41, 5.74) is 0. The predicted molar refractivity (Wildman–Crippen MR) is 55.6 cm³/mol. The van der Waals surface area contributed by atoms with Crippen LogP contribution in [0.1, 0.15) is 11.5 Å². The minimum atomic E-state index is -3.79. The molecule has 0 spiro atoms. The number of likely N-dealkylation sites (N-methyl/N-ethyl adjacent to an activating group) is 1. The van der Waals surface area contributed by atoms with Gasteiger partial charge in [0, 0.05) is 7.05 Å². The molecule has 0 radical (unpaired) electrons. The first-order chi connectivity index (χ1) is 7.25. The van der Waals surface area contributed by atoms with E-state index >= 15 is 0 Å². The molecule has 0 saturated heterocycles. The summed E-state index contributed by atoms with van der Waals surface area (Å²) in [6, 6.07) is 1.38. The predicted octanol–water partition coefficient (Wildman–Crippen LogP) is 0.602. The number of furan rings is 1. The number of hydrogen-bond donors (Lipinski definition) is 1. The van der Waals surface area contributed by atoms with Crippen molar-refractivity contribution < 1.29 is 22.7 Å². The largest absolute Gasteiger partial charge is 0.480 e. The summed E-state index contributed by atoms with van der Waals surface area (Å²) < 4.78 is 29.7. The van der Waals surface area contributed by atoms with Crippen molar-refractivity contribution in [2.45, 2.75) is 18.7 Å². The molecule has 0 aromatic carbocycles. The van der Waals surface area contributed by atoms with Crippen molar-refractivity contribution in [3.8, 4) is 0 Å². The van der Waals surface area contributed by atoms with Gasteiger partial charge < -0.3 is 9.52 Å². The molecule has 0 saturated carbocycles. The van der Waals surface area contributed by atoms with E-state index in [0.717, 1.165) is 4.31 Å². The second-order valence-electron chi connectivity index (χ2n) is 3.43. The highest BCUT2D eigenvalue weighted by molar-refractivity contribution is 7.89. The molecule has 1 heterocycles. The lowest BCUT2D eigenvalue weighted by atomic mass is 10.4. The Morgan fingerprint density at radius 2 is 2.06 bits per heavy atom. The van der Waals surface area contributed by atoms with Gasteiger partial charge >= 0.3 is 5.97 Å². The van der Waals surface area contributed by atoms with Gasteiger partial charge in [-0.2, -0.15) is 4.31 Å². The maximum absolute atomic E-state index is 11.9. The van der Waals surface area contributed by atoms with Crippen LogP contribution in [0, 0.1) is 13.8 Å². The molecule has 0 aliphatic rings. The van der Waals surface area contributed by atoms with Gasteiger partial charge in [-0.3, -0.25) is 4.79 Å². The van der Waals surface area contributed by atoms with Gasteiger partial charge in [0.05, 0.1) is 0 Å². The smallest absolute Gasteiger partial charge is 0.318 e. The fourth-order valence-corrected chi connectivity index (χ4v) is 2.64. The van der Waals surface area contributed by atoms with Crippen molar-refractivity contribution in [2.24, 2.45) is 0 Å². The first kappa shape index (κ1) is 12.7. The van der Waals surface area contributed by atoms with E-state index in [4.69, 9.17) is 9.52 Å². The minimum absolute atomic E-state index is 0.00810. The van der Waals surface area contributed by atoms with Gasteiger partial charge in [0.2, 0.25) is 10.0 Å². The van der Waals surface area contributed by atoms with Gasteiger partial charge in [-0.05, 0) is 19.9 Å². The third-order valence-corrected chi connectivity index (χ3v) is 3.95. The molecule has 0 aliphatic heterocycles. The summed E-state index contributed by atoms with van der Waals surface area (Å²) in [6.07, 6.45) is 0. The first-order valence-corrected chi connectivity index (χ1v) is 5.94. The highest BCUT2D eigenvalue weighted by Crippen LogP contribution is 2.22. The Hall–Kier alpha value is -1.34. The molecule has 0 bridgehead atoms. The lowest BCUT2D eigenvalue weighted by Crippen LogP contribution is -2.32. The van der Waals surface area contributed by atoms with Crippen molar-refractivity contribution in [3.63, 3.8) is 0 Å². The van der Waals surface area contributed by atoms with Gasteiger partial charge in [0.15, 0.2) is 0 Å². The maximum atomic E-state index is 11.9. The lowest BCUT2D eigenvalue weighted by molar-refractivity contribution is -0.137. The summed E-state index contributed by atoms with van der Waals surface area (Å²) in [7, 11) is -2.57. The van der Waals surface area contributed by atoms with Crippen LogP contribution in [0.3, 0.4) is 0 Å². The van der Waals surface area contributed by atoms with Crippen molar-refractivity contribution in [2.75, 3.05) is 13.6 Å². The number of nitrogens with zero attached hydrogens (tertiary/aromatic N) is 1. The Morgan fingerprint density at radius 3 is 2.44 bits per heavy atom. The van der Waals surface area contributed by atoms with Crippen molar-refractivity contribution >= 4 is 16.0 Å². The van der Waals surface area contributed by atoms with E-state index in [9.17, 15) is 13.2 Å². The zero-order valence-electron chi connectivity index (χ0n) is 9.22. The number of hydrogen-bond acceptors (Lipinski definition) is 4. The summed E-state index contributed by atoms with van der Waals surface area (Å²) in [6.45, 7) is 2.57. The quantitative estimate of drug-likeness (QED) is 0.841. The zero-order chi connectivity index (χ0) is 12.5. The van der Waals surface area contributed by atoms with Gasteiger partial charge in [0.1, 0.15) is 23.0 Å². The van der Waals surface area contributed by atoms with Crippen LogP contribution < -0.4 is 0 Å². The Balaban J connectivity index is 3.11. The van der Waals surface area contributed by atoms with Crippen LogP contribution in [0.15, 0.2) is 15.4 Å². The van der Waals surface area contributed by atoms with Crippen LogP contribution in [0.2, 0.25) is 0 Å². The van der Waals surface area contributed by atoms with Gasteiger partial charge in [-0.15, -0.1) is 0 Å². The van der Waals surface area contributed by atoms with E-state index in [1.165, 1.54) is 20.0 Å². The molecule has 16 heavy (non-hydrogen) atoms. The molecule has 7 heteroatoms. The minimum Gasteiger partial charge on any atom is -0.480 e. The third kappa shape index (κ3) is 2.42. The van der Waals surface area contributed by atoms with E-state index < -0.39 is 22.5 Å². The molecule has 1 N–H and O–H groups in total. The van der Waals surface area contributed by atoms with Crippen molar-refractivity contribution in [1.82, 2.24) is 4.31 Å². The molecule has 1 aromatic heterocycles. The highest BCUT2D eigenvalue weighted by Gasteiger charge is 2.26. The molecule has 0 amide bonds. The Bertz CT molecular complexity index is 502. The number of carbonyl (C=O) groups is 1. The number of aryl methyl sites for hydroxylation is 2. The van der Waals surface area contributed by atoms with Crippen LogP contribution >= 0.6 is 0 Å². The van der Waals surface area contributed by atoms with Gasteiger partial charge in [-0.1, -0.05) is 0 Å². The Morgan fingerprint density at radius 1 is 1.50 bits per heavy atom. The summed E-state index contributed by atoms with van der Waals surface area (Å²) in [5.74, 6) is -0.474. The van der Waals surface area contributed by atoms with E-state index in [1.54, 1.807) is 6.92 Å². The third-order valence-electron chi connectivity index (χ3n) is 2.04. The Kier molecular flexibility index (Phi) is 3.39. The van der Waals surface area contributed by atoms with Crippen LogP contribution in [-0.4, -0.2) is 37.4 Å². The van der Waals surface area contributed by atoms with Gasteiger partial charge in [-0.25, -0.2) is 8.42 Å². The number of sulfonamides is 1. The standard InChI is InChI=1S/C9H13NO5S/c1-6-4-8(7(2)15-6)16(13,14)10(3)5-9(11)12/h4H,5H2,1-3H3,(H,11,12). The van der Waals surface area contributed by atoms with Crippen LogP contribution in [0.25, 0.3) is 0 Å².